The summed E-state index contributed by atoms with van der Waals surface area (Å²) >= 11 is 0. The molecule has 0 aromatic heterocycles. The molecule has 0 radical (unpaired) electrons. The summed E-state index contributed by atoms with van der Waals surface area (Å²) in [5.74, 6) is -1.32. The lowest BCUT2D eigenvalue weighted by atomic mass is 9.85. The van der Waals surface area contributed by atoms with Crippen molar-refractivity contribution in [1.29, 1.82) is 0 Å². The number of urea groups is 1. The maximum absolute atomic E-state index is 12.7. The number of hydrogen-bond acceptors (Lipinski definition) is 2. The van der Waals surface area contributed by atoms with Crippen molar-refractivity contribution in [2.24, 2.45) is 5.92 Å². The molecule has 1 fully saturated rings. The van der Waals surface area contributed by atoms with Crippen LogP contribution >= 0.6 is 0 Å². The first kappa shape index (κ1) is 17.1. The van der Waals surface area contributed by atoms with Gasteiger partial charge in [0, 0.05) is 18.7 Å². The van der Waals surface area contributed by atoms with E-state index in [4.69, 9.17) is 5.11 Å². The van der Waals surface area contributed by atoms with Crippen LogP contribution in [0.15, 0.2) is 0 Å². The highest BCUT2D eigenvalue weighted by Crippen LogP contribution is 2.37. The van der Waals surface area contributed by atoms with Gasteiger partial charge in [0.1, 0.15) is 0 Å². The lowest BCUT2D eigenvalue weighted by Crippen LogP contribution is -2.48. The number of alkyl halides is 3. The maximum atomic E-state index is 12.7. The highest BCUT2D eigenvalue weighted by atomic mass is 19.4. The van der Waals surface area contributed by atoms with Crippen molar-refractivity contribution in [3.05, 3.63) is 0 Å². The summed E-state index contributed by atoms with van der Waals surface area (Å²) in [7, 11) is 0. The standard InChI is InChI=1S/C13H23F3N2O2/c1-2-10(6-7-19)17-12(20)18-11-5-3-4-9(8-11)13(14,15)16/h9-11,19H,2-8H2,1H3,(H2,17,18,20). The largest absolute Gasteiger partial charge is 0.396 e. The average Bonchev–Trinajstić information content (AvgIpc) is 2.37. The van der Waals surface area contributed by atoms with E-state index in [1.807, 2.05) is 6.92 Å². The number of hydrogen-bond donors (Lipinski definition) is 3. The van der Waals surface area contributed by atoms with Crippen LogP contribution in [0.4, 0.5) is 18.0 Å². The first-order valence-electron chi connectivity index (χ1n) is 7.11. The molecule has 1 aliphatic carbocycles. The maximum Gasteiger partial charge on any atom is 0.391 e. The van der Waals surface area contributed by atoms with Gasteiger partial charge in [0.05, 0.1) is 5.92 Å². The predicted molar refractivity (Wildman–Crippen MR) is 69.3 cm³/mol. The van der Waals surface area contributed by atoms with Crippen LogP contribution < -0.4 is 10.6 Å². The topological polar surface area (TPSA) is 61.4 Å². The Balaban J connectivity index is 2.41. The molecule has 4 nitrogen and oxygen atoms in total. The minimum Gasteiger partial charge on any atom is -0.396 e. The second kappa shape index (κ2) is 7.71. The second-order valence-corrected chi connectivity index (χ2v) is 5.34. The third kappa shape index (κ3) is 5.56. The molecule has 0 bridgehead atoms. The molecule has 0 heterocycles. The molecular weight excluding hydrogens is 273 g/mol. The molecule has 7 heteroatoms. The molecule has 3 atom stereocenters. The Hall–Kier alpha value is -0.980. The van der Waals surface area contributed by atoms with Gasteiger partial charge in [-0.1, -0.05) is 13.3 Å². The van der Waals surface area contributed by atoms with E-state index in [0.717, 1.165) is 0 Å². The van der Waals surface area contributed by atoms with Gasteiger partial charge < -0.3 is 15.7 Å². The zero-order chi connectivity index (χ0) is 15.2. The van der Waals surface area contributed by atoms with Crippen molar-refractivity contribution >= 4 is 6.03 Å². The van der Waals surface area contributed by atoms with Gasteiger partial charge >= 0.3 is 12.2 Å². The van der Waals surface area contributed by atoms with E-state index < -0.39 is 24.2 Å². The van der Waals surface area contributed by atoms with Crippen LogP contribution in [0.25, 0.3) is 0 Å². The van der Waals surface area contributed by atoms with E-state index in [1.165, 1.54) is 0 Å². The number of aliphatic hydroxyl groups excluding tert-OH is 1. The van der Waals surface area contributed by atoms with Crippen LogP contribution in [-0.4, -0.2) is 36.0 Å². The van der Waals surface area contributed by atoms with Crippen LogP contribution in [0.5, 0.6) is 0 Å². The highest BCUT2D eigenvalue weighted by molar-refractivity contribution is 5.74. The fourth-order valence-electron chi connectivity index (χ4n) is 2.56. The summed E-state index contributed by atoms with van der Waals surface area (Å²) in [4.78, 5) is 11.7. The van der Waals surface area contributed by atoms with Crippen LogP contribution in [0.1, 0.15) is 45.4 Å². The van der Waals surface area contributed by atoms with E-state index >= 15 is 0 Å². The average molecular weight is 296 g/mol. The highest BCUT2D eigenvalue weighted by Gasteiger charge is 2.42. The third-order valence-electron chi connectivity index (χ3n) is 3.78. The Labute approximate surface area is 117 Å². The Morgan fingerprint density at radius 3 is 2.65 bits per heavy atom. The quantitative estimate of drug-likeness (QED) is 0.730. The van der Waals surface area contributed by atoms with E-state index in [0.29, 0.717) is 25.7 Å². The van der Waals surface area contributed by atoms with Gasteiger partial charge in [0.2, 0.25) is 0 Å². The zero-order valence-corrected chi connectivity index (χ0v) is 11.7. The SMILES string of the molecule is CCC(CCO)NC(=O)NC1CCCC(C(F)(F)F)C1. The molecule has 20 heavy (non-hydrogen) atoms. The molecule has 1 rings (SSSR count). The van der Waals surface area contributed by atoms with Crippen molar-refractivity contribution in [3.8, 4) is 0 Å². The Bertz CT molecular complexity index is 310. The summed E-state index contributed by atoms with van der Waals surface area (Å²) in [6.07, 6.45) is -1.91. The van der Waals surface area contributed by atoms with Crippen LogP contribution in [-0.2, 0) is 0 Å². The lowest BCUT2D eigenvalue weighted by molar-refractivity contribution is -0.183. The fraction of sp³-hybridized carbons (Fsp3) is 0.923. The zero-order valence-electron chi connectivity index (χ0n) is 11.7. The van der Waals surface area contributed by atoms with Crippen LogP contribution in [0.2, 0.25) is 0 Å². The van der Waals surface area contributed by atoms with E-state index in [2.05, 4.69) is 10.6 Å². The van der Waals surface area contributed by atoms with E-state index in [9.17, 15) is 18.0 Å². The molecule has 0 aromatic carbocycles. The van der Waals surface area contributed by atoms with Gasteiger partial charge in [-0.2, -0.15) is 13.2 Å². The number of carbonyl (C=O) groups excluding carboxylic acids is 1. The first-order chi connectivity index (χ1) is 9.36. The van der Waals surface area contributed by atoms with Crippen molar-refractivity contribution in [2.45, 2.75) is 63.7 Å². The van der Waals surface area contributed by atoms with E-state index in [-0.39, 0.29) is 25.5 Å². The summed E-state index contributed by atoms with van der Waals surface area (Å²) in [6.45, 7) is 1.85. The predicted octanol–water partition coefficient (Wildman–Crippen LogP) is 2.57. The van der Waals surface area contributed by atoms with Crippen LogP contribution in [0, 0.1) is 5.92 Å². The molecule has 0 spiro atoms. The van der Waals surface area contributed by atoms with Gasteiger partial charge in [-0.3, -0.25) is 0 Å². The Morgan fingerprint density at radius 2 is 2.10 bits per heavy atom. The molecular formula is C13H23F3N2O2. The molecule has 118 valence electrons. The van der Waals surface area contributed by atoms with Crippen molar-refractivity contribution < 1.29 is 23.1 Å². The van der Waals surface area contributed by atoms with Gasteiger partial charge in [0.15, 0.2) is 0 Å². The van der Waals surface area contributed by atoms with Gasteiger partial charge in [-0.15, -0.1) is 0 Å². The van der Waals surface area contributed by atoms with Gasteiger partial charge in [-0.05, 0) is 32.1 Å². The summed E-state index contributed by atoms with van der Waals surface area (Å²) in [6, 6.07) is -1.03. The smallest absolute Gasteiger partial charge is 0.391 e. The Kier molecular flexibility index (Phi) is 6.58. The molecule has 0 aromatic rings. The molecule has 3 unspecified atom stereocenters. The number of aliphatic hydroxyl groups is 1. The second-order valence-electron chi connectivity index (χ2n) is 5.34. The Morgan fingerprint density at radius 1 is 1.40 bits per heavy atom. The lowest BCUT2D eigenvalue weighted by Gasteiger charge is -2.31. The molecule has 0 saturated heterocycles. The van der Waals surface area contributed by atoms with Crippen molar-refractivity contribution in [1.82, 2.24) is 10.6 Å². The normalized spacial score (nSPS) is 25.1. The fourth-order valence-corrected chi connectivity index (χ4v) is 2.56. The van der Waals surface area contributed by atoms with Crippen molar-refractivity contribution in [2.75, 3.05) is 6.61 Å². The van der Waals surface area contributed by atoms with Crippen molar-refractivity contribution in [3.63, 3.8) is 0 Å². The number of carbonyl (C=O) groups is 1. The number of rotatable bonds is 5. The summed E-state index contributed by atoms with van der Waals surface area (Å²) in [5, 5.41) is 14.1. The summed E-state index contributed by atoms with van der Waals surface area (Å²) in [5.41, 5.74) is 0. The van der Waals surface area contributed by atoms with Crippen LogP contribution in [0.3, 0.4) is 0 Å². The molecule has 1 saturated carbocycles. The molecule has 1 aliphatic rings. The minimum atomic E-state index is -4.18. The number of nitrogens with one attached hydrogen (secondary N) is 2. The number of halogens is 3. The molecule has 0 aliphatic heterocycles. The van der Waals surface area contributed by atoms with Gasteiger partial charge in [-0.25, -0.2) is 4.79 Å². The minimum absolute atomic E-state index is 0.0294. The van der Waals surface area contributed by atoms with E-state index in [1.54, 1.807) is 0 Å². The summed E-state index contributed by atoms with van der Waals surface area (Å²) < 4.78 is 38.0. The van der Waals surface area contributed by atoms with Gasteiger partial charge in [0.25, 0.3) is 0 Å². The number of amides is 2. The molecule has 3 N–H and O–H groups in total. The monoisotopic (exact) mass is 296 g/mol. The first-order valence-corrected chi connectivity index (χ1v) is 7.11. The third-order valence-corrected chi connectivity index (χ3v) is 3.78. The molecule has 2 amide bonds.